The summed E-state index contributed by atoms with van der Waals surface area (Å²) in [5.41, 5.74) is 13.4. The molecule has 0 fully saturated rings. The molecule has 10 aromatic rings. The molecule has 0 bridgehead atoms. The summed E-state index contributed by atoms with van der Waals surface area (Å²) < 4.78 is 12.7. The second-order valence-corrected chi connectivity index (χ2v) is 14.3. The molecular weight excluding hydrogens is 651 g/mol. The first-order chi connectivity index (χ1) is 26.0. The monoisotopic (exact) mass is 681 g/mol. The molecule has 250 valence electrons. The minimum Gasteiger partial charge on any atom is -0.456 e. The molecule has 0 unspecified atom stereocenters. The zero-order valence-corrected chi connectivity index (χ0v) is 29.1. The molecule has 3 aromatic heterocycles. The van der Waals surface area contributed by atoms with Gasteiger partial charge in [-0.15, -0.1) is 0 Å². The highest BCUT2D eigenvalue weighted by atomic mass is 16.3. The van der Waals surface area contributed by atoms with E-state index in [1.165, 1.54) is 33.2 Å². The number of para-hydroxylation sites is 3. The Hall–Kier alpha value is -6.85. The van der Waals surface area contributed by atoms with Crippen LogP contribution in [0.4, 0.5) is 0 Å². The van der Waals surface area contributed by atoms with Gasteiger partial charge in [0, 0.05) is 38.1 Å². The van der Waals surface area contributed by atoms with Crippen molar-refractivity contribution >= 4 is 43.9 Å². The molecule has 0 atom stereocenters. The Morgan fingerprint density at radius 2 is 0.943 bits per heavy atom. The van der Waals surface area contributed by atoms with Crippen LogP contribution in [0.2, 0.25) is 0 Å². The van der Waals surface area contributed by atoms with Crippen LogP contribution < -0.4 is 0 Å². The van der Waals surface area contributed by atoms with E-state index in [0.717, 1.165) is 60.7 Å². The molecular formula is C48H31N3O2. The largest absolute Gasteiger partial charge is 0.456 e. The molecule has 0 aliphatic heterocycles. The third-order valence-electron chi connectivity index (χ3n) is 10.9. The molecule has 1 aliphatic rings. The lowest BCUT2D eigenvalue weighted by molar-refractivity contribution is 0.658. The van der Waals surface area contributed by atoms with E-state index in [1.807, 2.05) is 66.7 Å². The van der Waals surface area contributed by atoms with E-state index in [-0.39, 0.29) is 5.41 Å². The molecule has 0 saturated carbocycles. The van der Waals surface area contributed by atoms with Gasteiger partial charge < -0.3 is 8.83 Å². The van der Waals surface area contributed by atoms with Crippen LogP contribution in [-0.2, 0) is 5.41 Å². The lowest BCUT2D eigenvalue weighted by Crippen LogP contribution is -2.16. The number of furan rings is 2. The number of nitrogens with zero attached hydrogens (tertiary/aromatic N) is 3. The van der Waals surface area contributed by atoms with Crippen LogP contribution in [0, 0.1) is 0 Å². The Morgan fingerprint density at radius 1 is 0.377 bits per heavy atom. The summed E-state index contributed by atoms with van der Waals surface area (Å²) in [4.78, 5) is 15.1. The lowest BCUT2D eigenvalue weighted by atomic mass is 9.77. The zero-order valence-electron chi connectivity index (χ0n) is 29.1. The Labute approximate surface area is 305 Å². The summed E-state index contributed by atoms with van der Waals surface area (Å²) in [6.45, 7) is 4.69. The van der Waals surface area contributed by atoms with E-state index >= 15 is 0 Å². The highest BCUT2D eigenvalue weighted by Crippen LogP contribution is 2.55. The van der Waals surface area contributed by atoms with E-state index in [1.54, 1.807) is 0 Å². The number of hydrogen-bond donors (Lipinski definition) is 0. The maximum atomic E-state index is 6.41. The standard InChI is InChI=1S/C48H31N3O2/c1-48(2)42-31(16-10-17-33(42)34-26-27-40-41(43(34)48)36-15-7-9-21-39(36)52-40)28-22-24-30(25-23-28)46-49-45(29-12-4-3-5-13-29)50-47(51-46)37-19-11-18-35-32-14-6-8-20-38(32)53-44(35)37/h3-27H,1-2H3. The van der Waals surface area contributed by atoms with Gasteiger partial charge >= 0.3 is 0 Å². The number of fused-ring (bicyclic) bond motifs is 10. The minimum absolute atomic E-state index is 0.253. The summed E-state index contributed by atoms with van der Waals surface area (Å²) in [5.74, 6) is 1.79. The fourth-order valence-electron chi connectivity index (χ4n) is 8.57. The van der Waals surface area contributed by atoms with Crippen molar-refractivity contribution in [2.24, 2.45) is 0 Å². The van der Waals surface area contributed by atoms with E-state index in [2.05, 4.69) is 98.8 Å². The molecule has 7 aromatic carbocycles. The summed E-state index contributed by atoms with van der Waals surface area (Å²) in [7, 11) is 0. The molecule has 0 N–H and O–H groups in total. The molecule has 3 heterocycles. The summed E-state index contributed by atoms with van der Waals surface area (Å²) in [6.07, 6.45) is 0. The molecule has 0 radical (unpaired) electrons. The smallest absolute Gasteiger partial charge is 0.167 e. The second kappa shape index (κ2) is 11.1. The van der Waals surface area contributed by atoms with Crippen LogP contribution in [0.15, 0.2) is 160 Å². The molecule has 53 heavy (non-hydrogen) atoms. The fourth-order valence-corrected chi connectivity index (χ4v) is 8.57. The van der Waals surface area contributed by atoms with Gasteiger partial charge in [-0.3, -0.25) is 0 Å². The van der Waals surface area contributed by atoms with Gasteiger partial charge in [0.1, 0.15) is 22.3 Å². The van der Waals surface area contributed by atoms with Gasteiger partial charge in [-0.1, -0.05) is 141 Å². The van der Waals surface area contributed by atoms with Gasteiger partial charge in [0.25, 0.3) is 0 Å². The number of rotatable bonds is 4. The number of benzene rings is 7. The van der Waals surface area contributed by atoms with E-state index in [0.29, 0.717) is 17.5 Å². The van der Waals surface area contributed by atoms with Crippen LogP contribution in [0.3, 0.4) is 0 Å². The molecule has 0 amide bonds. The molecule has 5 nitrogen and oxygen atoms in total. The maximum absolute atomic E-state index is 6.41. The van der Waals surface area contributed by atoms with Crippen molar-refractivity contribution in [2.75, 3.05) is 0 Å². The van der Waals surface area contributed by atoms with Gasteiger partial charge in [-0.05, 0) is 57.6 Å². The first-order valence-electron chi connectivity index (χ1n) is 17.9. The fraction of sp³-hybridized carbons (Fsp3) is 0.0625. The zero-order chi connectivity index (χ0) is 35.3. The first-order valence-corrected chi connectivity index (χ1v) is 17.9. The van der Waals surface area contributed by atoms with E-state index in [9.17, 15) is 0 Å². The van der Waals surface area contributed by atoms with Crippen molar-refractivity contribution in [3.63, 3.8) is 0 Å². The van der Waals surface area contributed by atoms with Gasteiger partial charge in [-0.2, -0.15) is 0 Å². The average Bonchev–Trinajstić information content (AvgIpc) is 3.85. The second-order valence-electron chi connectivity index (χ2n) is 14.3. The third kappa shape index (κ3) is 4.40. The number of hydrogen-bond acceptors (Lipinski definition) is 5. The summed E-state index contributed by atoms with van der Waals surface area (Å²) >= 11 is 0. The average molecular weight is 682 g/mol. The third-order valence-corrected chi connectivity index (χ3v) is 10.9. The first kappa shape index (κ1) is 29.8. The Morgan fingerprint density at radius 3 is 1.74 bits per heavy atom. The van der Waals surface area contributed by atoms with Gasteiger partial charge in [0.2, 0.25) is 0 Å². The van der Waals surface area contributed by atoms with Crippen molar-refractivity contribution < 1.29 is 8.83 Å². The van der Waals surface area contributed by atoms with Crippen LogP contribution in [0.1, 0.15) is 25.0 Å². The molecule has 0 saturated heterocycles. The van der Waals surface area contributed by atoms with Gasteiger partial charge in [0.15, 0.2) is 17.5 Å². The van der Waals surface area contributed by atoms with E-state index in [4.69, 9.17) is 23.8 Å². The topological polar surface area (TPSA) is 65.0 Å². The summed E-state index contributed by atoms with van der Waals surface area (Å²) in [6, 6.07) is 52.4. The van der Waals surface area contributed by atoms with Crippen molar-refractivity contribution in [3.8, 4) is 56.4 Å². The van der Waals surface area contributed by atoms with Crippen LogP contribution in [0.25, 0.3) is 100 Å². The Balaban J connectivity index is 1.04. The molecule has 11 rings (SSSR count). The van der Waals surface area contributed by atoms with Crippen molar-refractivity contribution in [1.29, 1.82) is 0 Å². The Kier molecular flexibility index (Phi) is 6.23. The van der Waals surface area contributed by atoms with Crippen molar-refractivity contribution in [2.45, 2.75) is 19.3 Å². The summed E-state index contributed by atoms with van der Waals surface area (Å²) in [5, 5.41) is 4.47. The van der Waals surface area contributed by atoms with Crippen LogP contribution >= 0.6 is 0 Å². The van der Waals surface area contributed by atoms with Gasteiger partial charge in [0.05, 0.1) is 5.56 Å². The predicted molar refractivity (Wildman–Crippen MR) is 214 cm³/mol. The SMILES string of the molecule is CC1(C)c2c(-c3ccc(-c4nc(-c5ccccc5)nc(-c5cccc6c5oc5ccccc56)n4)cc3)cccc2-c2ccc3oc4ccccc4c3c21. The van der Waals surface area contributed by atoms with Crippen LogP contribution in [0.5, 0.6) is 0 Å². The predicted octanol–water partition coefficient (Wildman–Crippen LogP) is 12.6. The number of aromatic nitrogens is 3. The van der Waals surface area contributed by atoms with Gasteiger partial charge in [-0.25, -0.2) is 15.0 Å². The van der Waals surface area contributed by atoms with E-state index < -0.39 is 0 Å². The molecule has 5 heteroatoms. The van der Waals surface area contributed by atoms with Crippen molar-refractivity contribution in [1.82, 2.24) is 15.0 Å². The van der Waals surface area contributed by atoms with Crippen LogP contribution in [-0.4, -0.2) is 15.0 Å². The lowest BCUT2D eigenvalue weighted by Gasteiger charge is -2.25. The molecule has 0 spiro atoms. The normalized spacial score (nSPS) is 13.2. The molecule has 1 aliphatic carbocycles. The van der Waals surface area contributed by atoms with Crippen molar-refractivity contribution in [3.05, 3.63) is 163 Å². The quantitative estimate of drug-likeness (QED) is 0.185. The Bertz CT molecular complexity index is 3080. The minimum atomic E-state index is -0.253. The highest BCUT2D eigenvalue weighted by Gasteiger charge is 2.40. The maximum Gasteiger partial charge on any atom is 0.167 e. The highest BCUT2D eigenvalue weighted by molar-refractivity contribution is 6.12.